The molecule has 0 unspecified atom stereocenters. The van der Waals surface area contributed by atoms with Crippen LogP contribution < -0.4 is 20.2 Å². The number of ketones is 1. The van der Waals surface area contributed by atoms with E-state index in [-0.39, 0.29) is 23.5 Å². The Morgan fingerprint density at radius 1 is 1.26 bits per heavy atom. The van der Waals surface area contributed by atoms with Crippen LogP contribution in [0, 0.1) is 0 Å². The highest BCUT2D eigenvalue weighted by molar-refractivity contribution is 6.03. The third-order valence-electron chi connectivity index (χ3n) is 5.79. The number of carbonyl (C=O) groups excluding carboxylic acids is 2. The van der Waals surface area contributed by atoms with Crippen molar-refractivity contribution in [3.05, 3.63) is 46.2 Å². The zero-order chi connectivity index (χ0) is 26.2. The van der Waals surface area contributed by atoms with Gasteiger partial charge in [-0.2, -0.15) is 13.9 Å². The molecule has 1 aliphatic rings. The van der Waals surface area contributed by atoms with E-state index in [0.717, 1.165) is 5.57 Å². The monoisotopic (exact) mass is 488 g/mol. The summed E-state index contributed by atoms with van der Waals surface area (Å²) in [6.07, 6.45) is 7.42. The van der Waals surface area contributed by atoms with Crippen molar-refractivity contribution in [2.24, 2.45) is 0 Å². The van der Waals surface area contributed by atoms with Crippen LogP contribution in [0.5, 0.6) is 5.75 Å². The first-order chi connectivity index (χ1) is 16.6. The van der Waals surface area contributed by atoms with Crippen LogP contribution >= 0.6 is 0 Å². The number of anilines is 1. The number of carbonyl (C=O) groups is 2. The second kappa shape index (κ2) is 12.4. The molecule has 0 radical (unpaired) electrons. The Kier molecular flexibility index (Phi) is 9.86. The van der Waals surface area contributed by atoms with Gasteiger partial charge >= 0.3 is 6.05 Å². The van der Waals surface area contributed by atoms with Gasteiger partial charge in [-0.25, -0.2) is 9.67 Å². The summed E-state index contributed by atoms with van der Waals surface area (Å²) in [6, 6.07) is 0.535. The number of fused-ring (bicyclic) bond motifs is 1. The number of pyridine rings is 1. The van der Waals surface area contributed by atoms with Crippen LogP contribution in [0.4, 0.5) is 14.6 Å². The molecule has 190 valence electrons. The van der Waals surface area contributed by atoms with Crippen molar-refractivity contribution >= 4 is 29.7 Å². The van der Waals surface area contributed by atoms with Gasteiger partial charge in [-0.05, 0) is 38.5 Å². The number of allylic oxidation sites excluding steroid dienone is 2. The lowest BCUT2D eigenvalue weighted by atomic mass is 10.0. The number of hydrogen-bond donors (Lipinski definition) is 0. The molecule has 3 rings (SSSR count). The maximum Gasteiger partial charge on any atom is 0.343 e. The van der Waals surface area contributed by atoms with Crippen molar-refractivity contribution in [2.45, 2.75) is 66.3 Å². The van der Waals surface area contributed by atoms with E-state index in [4.69, 9.17) is 4.74 Å². The summed E-state index contributed by atoms with van der Waals surface area (Å²) >= 11 is 0. The Labute approximate surface area is 204 Å². The summed E-state index contributed by atoms with van der Waals surface area (Å²) in [5, 5.41) is 4.70. The molecule has 1 amide bonds. The molecule has 0 aromatic carbocycles. The fraction of sp³-hybridized carbons (Fsp3) is 0.462. The molecule has 7 nitrogen and oxygen atoms in total. The standard InChI is InChI=1S/C17H24F2N2O.C9H10N2O2/c1-6-12(5)14(16(22)8-3)10-15-13(7-2)11-20-21(15)17(18,19)9-4;1-11-8(12)4-6-13-7-3-2-5-10-9(7)11/h7,10-11H,6,8-9H2,1-5H3;2-3,5H,4,6H2,1H3/b13-7-,14-12+,15-10+;. The van der Waals surface area contributed by atoms with Crippen LogP contribution in [0.25, 0.3) is 12.2 Å². The van der Waals surface area contributed by atoms with Crippen molar-refractivity contribution in [1.29, 1.82) is 0 Å². The quantitative estimate of drug-likeness (QED) is 0.576. The molecule has 0 spiro atoms. The van der Waals surface area contributed by atoms with E-state index in [2.05, 4.69) is 10.1 Å². The van der Waals surface area contributed by atoms with Gasteiger partial charge in [0.25, 0.3) is 0 Å². The van der Waals surface area contributed by atoms with Crippen LogP contribution in [0.3, 0.4) is 0 Å². The van der Waals surface area contributed by atoms with Crippen molar-refractivity contribution in [1.82, 2.24) is 14.8 Å². The molecule has 0 bridgehead atoms. The third-order valence-corrected chi connectivity index (χ3v) is 5.79. The fourth-order valence-corrected chi connectivity index (χ4v) is 3.39. The summed E-state index contributed by atoms with van der Waals surface area (Å²) in [7, 11) is 1.71. The van der Waals surface area contributed by atoms with Crippen molar-refractivity contribution in [2.75, 3.05) is 18.6 Å². The molecule has 3 heterocycles. The number of halogens is 2. The minimum Gasteiger partial charge on any atom is -0.489 e. The number of rotatable bonds is 6. The first-order valence-electron chi connectivity index (χ1n) is 11.8. The number of hydrogen-bond acceptors (Lipinski definition) is 5. The molecule has 0 saturated heterocycles. The number of nitrogens with zero attached hydrogens (tertiary/aromatic N) is 4. The smallest absolute Gasteiger partial charge is 0.343 e. The zero-order valence-corrected chi connectivity index (χ0v) is 21.3. The second-order valence-corrected chi connectivity index (χ2v) is 8.05. The molecule has 2 aromatic heterocycles. The summed E-state index contributed by atoms with van der Waals surface area (Å²) in [5.41, 5.74) is 1.39. The Morgan fingerprint density at radius 2 is 1.97 bits per heavy atom. The van der Waals surface area contributed by atoms with Crippen LogP contribution in [0.1, 0.15) is 60.3 Å². The maximum atomic E-state index is 14.1. The number of Topliss-reactive ketones (excluding diaryl/α,β-unsaturated/α-hetero) is 1. The van der Waals surface area contributed by atoms with Gasteiger partial charge in [-0.1, -0.05) is 32.4 Å². The number of alkyl halides is 2. The highest BCUT2D eigenvalue weighted by atomic mass is 19.3. The average molecular weight is 489 g/mol. The fourth-order valence-electron chi connectivity index (χ4n) is 3.39. The Hall–Kier alpha value is -3.36. The largest absolute Gasteiger partial charge is 0.489 e. The van der Waals surface area contributed by atoms with Gasteiger partial charge in [-0.15, -0.1) is 0 Å². The van der Waals surface area contributed by atoms with E-state index < -0.39 is 6.05 Å². The van der Waals surface area contributed by atoms with Gasteiger partial charge in [0.1, 0.15) is 0 Å². The third kappa shape index (κ3) is 6.61. The highest BCUT2D eigenvalue weighted by Crippen LogP contribution is 2.27. The lowest BCUT2D eigenvalue weighted by Gasteiger charge is -2.15. The molecule has 35 heavy (non-hydrogen) atoms. The van der Waals surface area contributed by atoms with E-state index >= 15 is 0 Å². The topological polar surface area (TPSA) is 77.3 Å². The van der Waals surface area contributed by atoms with E-state index in [1.54, 1.807) is 45.3 Å². The number of amides is 1. The average Bonchev–Trinajstić information content (AvgIpc) is 3.23. The highest BCUT2D eigenvalue weighted by Gasteiger charge is 2.30. The first-order valence-corrected chi connectivity index (χ1v) is 11.8. The molecular formula is C26H34F2N4O3. The van der Waals surface area contributed by atoms with Crippen molar-refractivity contribution < 1.29 is 23.1 Å². The predicted octanol–water partition coefficient (Wildman–Crippen LogP) is 3.96. The van der Waals surface area contributed by atoms with E-state index in [9.17, 15) is 18.4 Å². The van der Waals surface area contributed by atoms with Gasteiger partial charge in [0.2, 0.25) is 5.91 Å². The van der Waals surface area contributed by atoms with Gasteiger partial charge in [0.15, 0.2) is 17.4 Å². The van der Waals surface area contributed by atoms with Gasteiger partial charge < -0.3 is 4.74 Å². The van der Waals surface area contributed by atoms with E-state index in [1.165, 1.54) is 18.0 Å². The van der Waals surface area contributed by atoms with E-state index in [0.29, 0.717) is 52.9 Å². The number of aromatic nitrogens is 3. The van der Waals surface area contributed by atoms with Crippen LogP contribution in [0.2, 0.25) is 0 Å². The van der Waals surface area contributed by atoms with Crippen LogP contribution in [0.15, 0.2) is 35.7 Å². The Balaban J connectivity index is 0.000000279. The first kappa shape index (κ1) is 27.9. The summed E-state index contributed by atoms with van der Waals surface area (Å²) in [6.45, 7) is 9.17. The molecule has 2 aromatic rings. The molecule has 0 fully saturated rings. The Bertz CT molecular complexity index is 1200. The predicted molar refractivity (Wildman–Crippen MR) is 133 cm³/mol. The van der Waals surface area contributed by atoms with Crippen molar-refractivity contribution in [3.63, 3.8) is 0 Å². The summed E-state index contributed by atoms with van der Waals surface area (Å²) < 4.78 is 34.2. The molecule has 0 atom stereocenters. The number of ether oxygens (including phenoxy) is 1. The van der Waals surface area contributed by atoms with Gasteiger partial charge in [-0.3, -0.25) is 14.5 Å². The normalized spacial score (nSPS) is 15.5. The molecule has 0 N–H and O–H groups in total. The summed E-state index contributed by atoms with van der Waals surface area (Å²) in [5.74, 6) is 1.27. The lowest BCUT2D eigenvalue weighted by molar-refractivity contribution is -0.118. The Morgan fingerprint density at radius 3 is 2.57 bits per heavy atom. The van der Waals surface area contributed by atoms with Gasteiger partial charge in [0, 0.05) is 36.9 Å². The van der Waals surface area contributed by atoms with Crippen LogP contribution in [-0.2, 0) is 15.6 Å². The summed E-state index contributed by atoms with van der Waals surface area (Å²) in [4.78, 5) is 29.2. The SMILES string of the molecule is C/C=c1/cnn(C(F)(F)CC)/c1=C/C(C(=O)CC)=C(/C)CC.CN1C(=O)CCOc2cccnc21. The second-order valence-electron chi connectivity index (χ2n) is 8.05. The minimum absolute atomic E-state index is 0.0393. The molecular weight excluding hydrogens is 454 g/mol. The van der Waals surface area contributed by atoms with Crippen molar-refractivity contribution in [3.8, 4) is 5.75 Å². The lowest BCUT2D eigenvalue weighted by Crippen LogP contribution is -2.38. The molecule has 0 saturated carbocycles. The molecule has 9 heteroatoms. The molecule has 0 aliphatic carbocycles. The van der Waals surface area contributed by atoms with E-state index in [1.807, 2.05) is 19.9 Å². The van der Waals surface area contributed by atoms with Crippen LogP contribution in [-0.4, -0.2) is 40.1 Å². The van der Waals surface area contributed by atoms with Gasteiger partial charge in [0.05, 0.1) is 24.6 Å². The molecule has 1 aliphatic heterocycles. The zero-order valence-electron chi connectivity index (χ0n) is 21.3. The maximum absolute atomic E-state index is 14.1. The minimum atomic E-state index is -3.08.